The number of rotatable bonds is 6. The van der Waals surface area contributed by atoms with Gasteiger partial charge in [-0.05, 0) is 133 Å². The molecule has 62 heavy (non-hydrogen) atoms. The molecule has 0 aliphatic heterocycles. The van der Waals surface area contributed by atoms with Crippen molar-refractivity contribution >= 4 is 38.9 Å². The summed E-state index contributed by atoms with van der Waals surface area (Å²) in [5, 5.41) is 2.53. The van der Waals surface area contributed by atoms with E-state index in [0.717, 1.165) is 17.1 Å². The van der Waals surface area contributed by atoms with Crippen molar-refractivity contribution in [2.45, 2.75) is 38.5 Å². The monoisotopic (exact) mass is 794 g/mol. The maximum atomic E-state index is 2.47. The third-order valence-corrected chi connectivity index (χ3v) is 14.0. The second kappa shape index (κ2) is 13.5. The quantitative estimate of drug-likeness (QED) is 0.163. The van der Waals surface area contributed by atoms with E-state index >= 15 is 0 Å². The van der Waals surface area contributed by atoms with Gasteiger partial charge in [0.2, 0.25) is 0 Å². The fourth-order valence-electron chi connectivity index (χ4n) is 10.8. The molecule has 296 valence electrons. The average Bonchev–Trinajstić information content (AvgIpc) is 3.86. The van der Waals surface area contributed by atoms with Gasteiger partial charge in [0.25, 0.3) is 0 Å². The Morgan fingerprint density at radius 1 is 0.323 bits per heavy atom. The fraction of sp³-hybridized carbons (Fsp3) is 0.100. The number of aromatic nitrogens is 1. The Morgan fingerprint density at radius 2 is 0.839 bits per heavy atom. The SMILES string of the molecule is CC1(C)c2ccccc2-c2ccc(N(c3ccccc3)c3cccc(-c4cccc(-c5ccc6c7ccccc7n(-c7ccc8c(c7)C(C)(C)c7ccccc7-8)c6c5)c4)c3)cc21. The number of anilines is 3. The van der Waals surface area contributed by atoms with E-state index in [9.17, 15) is 0 Å². The van der Waals surface area contributed by atoms with Crippen LogP contribution in [0.3, 0.4) is 0 Å². The van der Waals surface area contributed by atoms with Crippen LogP contribution >= 0.6 is 0 Å². The van der Waals surface area contributed by atoms with Crippen molar-refractivity contribution in [2.24, 2.45) is 0 Å². The molecule has 2 nitrogen and oxygen atoms in total. The van der Waals surface area contributed by atoms with Crippen LogP contribution in [0.15, 0.2) is 206 Å². The molecule has 2 heteroatoms. The van der Waals surface area contributed by atoms with Crippen molar-refractivity contribution in [1.29, 1.82) is 0 Å². The minimum atomic E-state index is -0.0887. The Hall–Kier alpha value is -7.42. The van der Waals surface area contributed by atoms with E-state index in [1.807, 2.05) is 0 Å². The van der Waals surface area contributed by atoms with Crippen LogP contribution in [0.4, 0.5) is 17.1 Å². The molecule has 0 saturated carbocycles. The number of benzene rings is 9. The average molecular weight is 795 g/mol. The highest BCUT2D eigenvalue weighted by Crippen LogP contribution is 2.52. The van der Waals surface area contributed by atoms with E-state index in [-0.39, 0.29) is 10.8 Å². The first-order valence-corrected chi connectivity index (χ1v) is 21.8. The van der Waals surface area contributed by atoms with E-state index in [1.165, 1.54) is 94.3 Å². The highest BCUT2D eigenvalue weighted by Gasteiger charge is 2.37. The van der Waals surface area contributed by atoms with Gasteiger partial charge in [-0.1, -0.05) is 167 Å². The van der Waals surface area contributed by atoms with Crippen molar-refractivity contribution in [2.75, 3.05) is 4.90 Å². The third kappa shape index (κ3) is 5.43. The van der Waals surface area contributed by atoms with Gasteiger partial charge in [-0.15, -0.1) is 0 Å². The first kappa shape index (κ1) is 36.4. The maximum Gasteiger partial charge on any atom is 0.0547 e. The molecule has 0 saturated heterocycles. The first-order valence-electron chi connectivity index (χ1n) is 21.8. The predicted molar refractivity (Wildman–Crippen MR) is 261 cm³/mol. The summed E-state index contributed by atoms with van der Waals surface area (Å²) in [5.74, 6) is 0. The minimum absolute atomic E-state index is 0.0770. The Balaban J connectivity index is 0.945. The number of hydrogen-bond donors (Lipinski definition) is 0. The van der Waals surface area contributed by atoms with E-state index in [2.05, 4.69) is 243 Å². The van der Waals surface area contributed by atoms with Gasteiger partial charge >= 0.3 is 0 Å². The summed E-state index contributed by atoms with van der Waals surface area (Å²) in [6.45, 7) is 9.43. The van der Waals surface area contributed by atoms with Crippen molar-refractivity contribution in [3.8, 4) is 50.2 Å². The summed E-state index contributed by atoms with van der Waals surface area (Å²) in [6, 6.07) is 76.5. The molecule has 0 radical (unpaired) electrons. The molecular weight excluding hydrogens is 749 g/mol. The number of para-hydroxylation sites is 2. The molecule has 10 aromatic rings. The van der Waals surface area contributed by atoms with E-state index in [0.29, 0.717) is 0 Å². The lowest BCUT2D eigenvalue weighted by atomic mass is 9.82. The summed E-state index contributed by atoms with van der Waals surface area (Å²) in [6.07, 6.45) is 0. The Labute approximate surface area is 364 Å². The molecular formula is C60H46N2. The first-order chi connectivity index (χ1) is 30.3. The fourth-order valence-corrected chi connectivity index (χ4v) is 10.8. The summed E-state index contributed by atoms with van der Waals surface area (Å²) >= 11 is 0. The molecule has 0 atom stereocenters. The van der Waals surface area contributed by atoms with Crippen LogP contribution in [-0.4, -0.2) is 4.57 Å². The zero-order valence-electron chi connectivity index (χ0n) is 35.5. The molecule has 0 amide bonds. The molecule has 1 aromatic heterocycles. The van der Waals surface area contributed by atoms with Gasteiger partial charge in [-0.25, -0.2) is 0 Å². The van der Waals surface area contributed by atoms with Crippen molar-refractivity contribution in [3.05, 3.63) is 229 Å². The maximum absolute atomic E-state index is 2.47. The van der Waals surface area contributed by atoms with Gasteiger partial charge in [-0.3, -0.25) is 0 Å². The zero-order chi connectivity index (χ0) is 41.7. The molecule has 9 aromatic carbocycles. The zero-order valence-corrected chi connectivity index (χ0v) is 35.5. The Bertz CT molecular complexity index is 3420. The second-order valence-electron chi connectivity index (χ2n) is 18.2. The molecule has 0 N–H and O–H groups in total. The van der Waals surface area contributed by atoms with Crippen LogP contribution in [0.1, 0.15) is 49.9 Å². The van der Waals surface area contributed by atoms with E-state index < -0.39 is 0 Å². The molecule has 2 aliphatic rings. The summed E-state index contributed by atoms with van der Waals surface area (Å²) < 4.78 is 2.47. The summed E-state index contributed by atoms with van der Waals surface area (Å²) in [4.78, 5) is 2.40. The molecule has 0 bridgehead atoms. The van der Waals surface area contributed by atoms with Crippen LogP contribution in [0.25, 0.3) is 72.0 Å². The summed E-state index contributed by atoms with van der Waals surface area (Å²) in [5.41, 5.74) is 22.5. The van der Waals surface area contributed by atoms with Gasteiger partial charge < -0.3 is 9.47 Å². The highest BCUT2D eigenvalue weighted by atomic mass is 15.1. The van der Waals surface area contributed by atoms with Crippen LogP contribution < -0.4 is 4.90 Å². The van der Waals surface area contributed by atoms with Crippen molar-refractivity contribution < 1.29 is 0 Å². The topological polar surface area (TPSA) is 8.17 Å². The van der Waals surface area contributed by atoms with Gasteiger partial charge in [0, 0.05) is 44.4 Å². The van der Waals surface area contributed by atoms with Crippen molar-refractivity contribution in [3.63, 3.8) is 0 Å². The molecule has 0 fully saturated rings. The Morgan fingerprint density at radius 3 is 1.56 bits per heavy atom. The van der Waals surface area contributed by atoms with Crippen LogP contribution in [-0.2, 0) is 10.8 Å². The number of nitrogens with zero attached hydrogens (tertiary/aromatic N) is 2. The van der Waals surface area contributed by atoms with Gasteiger partial charge in [0.05, 0.1) is 11.0 Å². The normalized spacial score (nSPS) is 14.1. The lowest BCUT2D eigenvalue weighted by Gasteiger charge is -2.28. The van der Waals surface area contributed by atoms with Gasteiger partial charge in [-0.2, -0.15) is 0 Å². The lowest BCUT2D eigenvalue weighted by molar-refractivity contribution is 0.660. The predicted octanol–water partition coefficient (Wildman–Crippen LogP) is 16.2. The van der Waals surface area contributed by atoms with E-state index in [1.54, 1.807) is 0 Å². The number of hydrogen-bond acceptors (Lipinski definition) is 1. The van der Waals surface area contributed by atoms with Gasteiger partial charge in [0.15, 0.2) is 0 Å². The largest absolute Gasteiger partial charge is 0.310 e. The summed E-state index contributed by atoms with van der Waals surface area (Å²) in [7, 11) is 0. The van der Waals surface area contributed by atoms with Crippen LogP contribution in [0, 0.1) is 0 Å². The highest BCUT2D eigenvalue weighted by molar-refractivity contribution is 6.10. The standard InChI is InChI=1S/C60H46N2/c1-59(2)53-25-11-8-22-47(53)49-32-29-45(37-55(49)59)61(43-19-6-5-7-20-43)44-21-15-18-41(35-44)39-16-14-17-40(34-39)42-28-31-52-51-24-10-13-27-57(51)62(58(52)36-42)46-30-33-50-48-23-9-12-26-54(48)60(3,4)56(50)38-46/h5-38H,1-4H3. The minimum Gasteiger partial charge on any atom is -0.310 e. The molecule has 0 unspecified atom stereocenters. The number of fused-ring (bicyclic) bond motifs is 9. The van der Waals surface area contributed by atoms with Crippen LogP contribution in [0.5, 0.6) is 0 Å². The van der Waals surface area contributed by atoms with Crippen LogP contribution in [0.2, 0.25) is 0 Å². The second-order valence-corrected chi connectivity index (χ2v) is 18.2. The van der Waals surface area contributed by atoms with Gasteiger partial charge in [0.1, 0.15) is 0 Å². The van der Waals surface area contributed by atoms with E-state index in [4.69, 9.17) is 0 Å². The molecule has 12 rings (SSSR count). The third-order valence-electron chi connectivity index (χ3n) is 14.0. The molecule has 0 spiro atoms. The Kier molecular flexibility index (Phi) is 7.96. The molecule has 1 heterocycles. The molecule has 2 aliphatic carbocycles. The lowest BCUT2D eigenvalue weighted by Crippen LogP contribution is -2.16. The van der Waals surface area contributed by atoms with Crippen molar-refractivity contribution in [1.82, 2.24) is 4.57 Å². The smallest absolute Gasteiger partial charge is 0.0547 e.